The monoisotopic (exact) mass is 239 g/mol. The maximum atomic E-state index is 6.01. The minimum atomic E-state index is 0.834. The molecule has 90 valence electrons. The van der Waals surface area contributed by atoms with Gasteiger partial charge in [-0.2, -0.15) is 16.9 Å². The molecule has 0 atom stereocenters. The van der Waals surface area contributed by atoms with Gasteiger partial charge >= 0.3 is 0 Å². The number of nitrogen functional groups attached to an aromatic ring is 1. The van der Waals surface area contributed by atoms with Crippen LogP contribution in [0, 0.1) is 6.92 Å². The Labute approximate surface area is 102 Å². The number of nitrogens with zero attached hydrogens (tertiary/aromatic N) is 2. The molecule has 1 aromatic rings. The van der Waals surface area contributed by atoms with Crippen LogP contribution in [0.15, 0.2) is 0 Å². The molecule has 16 heavy (non-hydrogen) atoms. The van der Waals surface area contributed by atoms with Gasteiger partial charge in [-0.15, -0.1) is 0 Å². The lowest BCUT2D eigenvalue weighted by Gasteiger charge is -2.20. The van der Waals surface area contributed by atoms with Crippen molar-refractivity contribution in [2.75, 3.05) is 5.73 Å². The molecule has 1 aromatic heterocycles. The highest BCUT2D eigenvalue weighted by molar-refractivity contribution is 7.99. The summed E-state index contributed by atoms with van der Waals surface area (Å²) in [5.41, 5.74) is 8.33. The molecule has 1 saturated carbocycles. The van der Waals surface area contributed by atoms with Crippen molar-refractivity contribution in [1.29, 1.82) is 0 Å². The van der Waals surface area contributed by atoms with Crippen LogP contribution in [-0.4, -0.2) is 15.0 Å². The van der Waals surface area contributed by atoms with Crippen molar-refractivity contribution in [1.82, 2.24) is 9.78 Å². The van der Waals surface area contributed by atoms with Gasteiger partial charge in [0.05, 0.1) is 5.69 Å². The molecule has 0 amide bonds. The Hall–Kier alpha value is -0.640. The van der Waals surface area contributed by atoms with Crippen LogP contribution in [0.4, 0.5) is 5.82 Å². The summed E-state index contributed by atoms with van der Waals surface area (Å²) in [4.78, 5) is 0. The van der Waals surface area contributed by atoms with E-state index in [2.05, 4.69) is 16.9 Å². The third-order valence-electron chi connectivity index (χ3n) is 3.41. The minimum Gasteiger partial charge on any atom is -0.384 e. The second kappa shape index (κ2) is 5.13. The maximum absolute atomic E-state index is 6.01. The number of hydrogen-bond donors (Lipinski definition) is 1. The SMILES string of the molecule is Cc1nn(C)c(N)c1CSC1CCCCC1. The van der Waals surface area contributed by atoms with Crippen LogP contribution in [0.5, 0.6) is 0 Å². The first-order valence-electron chi connectivity index (χ1n) is 6.08. The minimum absolute atomic E-state index is 0.834. The summed E-state index contributed by atoms with van der Waals surface area (Å²) in [5, 5.41) is 5.19. The Balaban J connectivity index is 1.93. The predicted octanol–water partition coefficient (Wildman–Crippen LogP) is 2.88. The zero-order valence-corrected chi connectivity index (χ0v) is 11.0. The molecule has 1 fully saturated rings. The smallest absolute Gasteiger partial charge is 0.125 e. The van der Waals surface area contributed by atoms with Crippen LogP contribution >= 0.6 is 11.8 Å². The third-order valence-corrected chi connectivity index (χ3v) is 4.81. The molecular formula is C12H21N3S. The lowest BCUT2D eigenvalue weighted by atomic mass is 10.0. The van der Waals surface area contributed by atoms with E-state index in [1.54, 1.807) is 4.68 Å². The molecule has 2 rings (SSSR count). The van der Waals surface area contributed by atoms with E-state index in [1.165, 1.54) is 37.7 Å². The van der Waals surface area contributed by atoms with Crippen LogP contribution < -0.4 is 5.73 Å². The van der Waals surface area contributed by atoms with Crippen molar-refractivity contribution >= 4 is 17.6 Å². The topological polar surface area (TPSA) is 43.8 Å². The summed E-state index contributed by atoms with van der Waals surface area (Å²) in [7, 11) is 1.91. The van der Waals surface area contributed by atoms with Gasteiger partial charge in [-0.05, 0) is 19.8 Å². The van der Waals surface area contributed by atoms with Gasteiger partial charge in [-0.3, -0.25) is 4.68 Å². The second-order valence-corrected chi connectivity index (χ2v) is 5.93. The predicted molar refractivity (Wildman–Crippen MR) is 70.5 cm³/mol. The molecule has 1 aliphatic carbocycles. The summed E-state index contributed by atoms with van der Waals surface area (Å²) in [5.74, 6) is 1.86. The molecule has 0 bridgehead atoms. The van der Waals surface area contributed by atoms with Gasteiger partial charge in [0.25, 0.3) is 0 Å². The standard InChI is InChI=1S/C12H21N3S/c1-9-11(12(13)15(2)14-9)8-16-10-6-4-3-5-7-10/h10H,3-8,13H2,1-2H3. The Morgan fingerprint density at radius 3 is 2.62 bits per heavy atom. The zero-order chi connectivity index (χ0) is 11.5. The van der Waals surface area contributed by atoms with Gasteiger partial charge in [0.1, 0.15) is 5.82 Å². The molecule has 0 aliphatic heterocycles. The van der Waals surface area contributed by atoms with E-state index in [0.717, 1.165) is 22.5 Å². The summed E-state index contributed by atoms with van der Waals surface area (Å²) >= 11 is 2.06. The molecule has 1 aliphatic rings. The van der Waals surface area contributed by atoms with E-state index in [-0.39, 0.29) is 0 Å². The van der Waals surface area contributed by atoms with E-state index < -0.39 is 0 Å². The highest BCUT2D eigenvalue weighted by Crippen LogP contribution is 2.32. The van der Waals surface area contributed by atoms with Crippen LogP contribution in [0.25, 0.3) is 0 Å². The summed E-state index contributed by atoms with van der Waals surface area (Å²) < 4.78 is 1.78. The van der Waals surface area contributed by atoms with E-state index in [9.17, 15) is 0 Å². The number of nitrogens with two attached hydrogens (primary N) is 1. The average molecular weight is 239 g/mol. The molecule has 0 aromatic carbocycles. The molecule has 1 heterocycles. The van der Waals surface area contributed by atoms with Gasteiger partial charge in [0.15, 0.2) is 0 Å². The van der Waals surface area contributed by atoms with Gasteiger partial charge < -0.3 is 5.73 Å². The number of hydrogen-bond acceptors (Lipinski definition) is 3. The molecule has 0 unspecified atom stereocenters. The van der Waals surface area contributed by atoms with E-state index in [1.807, 2.05) is 14.0 Å². The van der Waals surface area contributed by atoms with Crippen molar-refractivity contribution in [3.63, 3.8) is 0 Å². The summed E-state index contributed by atoms with van der Waals surface area (Å²) in [6.45, 7) is 2.05. The first-order chi connectivity index (χ1) is 7.68. The fourth-order valence-electron chi connectivity index (χ4n) is 2.33. The number of anilines is 1. The Morgan fingerprint density at radius 2 is 2.06 bits per heavy atom. The van der Waals surface area contributed by atoms with Gasteiger partial charge in [0.2, 0.25) is 0 Å². The molecule has 3 nitrogen and oxygen atoms in total. The quantitative estimate of drug-likeness (QED) is 0.882. The normalized spacial score (nSPS) is 17.9. The van der Waals surface area contributed by atoms with Crippen LogP contribution in [0.2, 0.25) is 0 Å². The van der Waals surface area contributed by atoms with E-state index in [0.29, 0.717) is 0 Å². The summed E-state index contributed by atoms with van der Waals surface area (Å²) in [6.07, 6.45) is 6.98. The van der Waals surface area contributed by atoms with Gasteiger partial charge in [-0.25, -0.2) is 0 Å². The number of thioether (sulfide) groups is 1. The number of aromatic nitrogens is 2. The first kappa shape index (κ1) is 11.8. The summed E-state index contributed by atoms with van der Waals surface area (Å²) in [6, 6.07) is 0. The third kappa shape index (κ3) is 2.54. The van der Waals surface area contributed by atoms with Crippen molar-refractivity contribution in [2.24, 2.45) is 7.05 Å². The van der Waals surface area contributed by atoms with Gasteiger partial charge in [0, 0.05) is 23.6 Å². The number of rotatable bonds is 3. The lowest BCUT2D eigenvalue weighted by Crippen LogP contribution is -2.08. The Kier molecular flexibility index (Phi) is 3.79. The largest absolute Gasteiger partial charge is 0.384 e. The van der Waals surface area contributed by atoms with Crippen molar-refractivity contribution in [3.8, 4) is 0 Å². The lowest BCUT2D eigenvalue weighted by molar-refractivity contribution is 0.516. The molecule has 2 N–H and O–H groups in total. The van der Waals surface area contributed by atoms with Crippen molar-refractivity contribution in [2.45, 2.75) is 50.0 Å². The Bertz CT molecular complexity index is 353. The van der Waals surface area contributed by atoms with Crippen LogP contribution in [0.1, 0.15) is 43.4 Å². The zero-order valence-electron chi connectivity index (χ0n) is 10.2. The second-order valence-electron chi connectivity index (χ2n) is 4.64. The number of aryl methyl sites for hydroxylation is 2. The maximum Gasteiger partial charge on any atom is 0.125 e. The first-order valence-corrected chi connectivity index (χ1v) is 7.13. The Morgan fingerprint density at radius 1 is 1.38 bits per heavy atom. The average Bonchev–Trinajstić information content (AvgIpc) is 2.53. The highest BCUT2D eigenvalue weighted by atomic mass is 32.2. The van der Waals surface area contributed by atoms with Crippen LogP contribution in [-0.2, 0) is 12.8 Å². The fraction of sp³-hybridized carbons (Fsp3) is 0.750. The van der Waals surface area contributed by atoms with E-state index in [4.69, 9.17) is 5.73 Å². The van der Waals surface area contributed by atoms with E-state index >= 15 is 0 Å². The molecule has 0 saturated heterocycles. The molecule has 0 radical (unpaired) electrons. The van der Waals surface area contributed by atoms with Crippen molar-refractivity contribution < 1.29 is 0 Å². The molecular weight excluding hydrogens is 218 g/mol. The molecule has 0 spiro atoms. The van der Waals surface area contributed by atoms with Crippen LogP contribution in [0.3, 0.4) is 0 Å². The molecule has 4 heteroatoms. The fourth-order valence-corrected chi connectivity index (χ4v) is 3.76. The highest BCUT2D eigenvalue weighted by Gasteiger charge is 2.16. The van der Waals surface area contributed by atoms with Crippen molar-refractivity contribution in [3.05, 3.63) is 11.3 Å². The van der Waals surface area contributed by atoms with Gasteiger partial charge in [-0.1, -0.05) is 19.3 Å².